The van der Waals surface area contributed by atoms with Crippen molar-refractivity contribution >= 4 is 5.91 Å². The van der Waals surface area contributed by atoms with Gasteiger partial charge in [0.2, 0.25) is 5.91 Å². The van der Waals surface area contributed by atoms with Crippen LogP contribution in [0.5, 0.6) is 0 Å². The van der Waals surface area contributed by atoms with Crippen molar-refractivity contribution in [1.82, 2.24) is 15.5 Å². The van der Waals surface area contributed by atoms with Crippen LogP contribution in [0.3, 0.4) is 0 Å². The van der Waals surface area contributed by atoms with Crippen LogP contribution < -0.4 is 10.6 Å². The van der Waals surface area contributed by atoms with Crippen molar-refractivity contribution in [3.8, 4) is 0 Å². The minimum absolute atomic E-state index is 0.0576. The van der Waals surface area contributed by atoms with Gasteiger partial charge in [0, 0.05) is 25.7 Å². The second-order valence-electron chi connectivity index (χ2n) is 3.78. The van der Waals surface area contributed by atoms with E-state index in [-0.39, 0.29) is 5.91 Å². The summed E-state index contributed by atoms with van der Waals surface area (Å²) in [4.78, 5) is 13.3. The lowest BCUT2D eigenvalue weighted by atomic mass is 10.2. The lowest BCUT2D eigenvalue weighted by molar-refractivity contribution is -0.119. The molecule has 0 aromatic carbocycles. The molecule has 4 nitrogen and oxygen atoms in total. The third kappa shape index (κ3) is 2.97. The third-order valence-corrected chi connectivity index (χ3v) is 2.72. The van der Waals surface area contributed by atoms with Crippen LogP contribution in [-0.2, 0) is 4.79 Å². The zero-order chi connectivity index (χ0) is 9.84. The molecule has 1 aliphatic heterocycles. The van der Waals surface area contributed by atoms with Gasteiger partial charge >= 0.3 is 0 Å². The third-order valence-electron chi connectivity index (χ3n) is 2.72. The average molecular weight is 185 g/mol. The number of rotatable bonds is 3. The second kappa shape index (κ2) is 4.58. The number of nitrogens with zero attached hydrogens (tertiary/aromatic N) is 1. The highest BCUT2D eigenvalue weighted by atomic mass is 16.1. The molecule has 0 aromatic heterocycles. The molecule has 13 heavy (non-hydrogen) atoms. The maximum absolute atomic E-state index is 10.9. The molecule has 1 heterocycles. The van der Waals surface area contributed by atoms with E-state index >= 15 is 0 Å². The fourth-order valence-electron chi connectivity index (χ4n) is 1.67. The van der Waals surface area contributed by atoms with Crippen molar-refractivity contribution in [1.29, 1.82) is 0 Å². The summed E-state index contributed by atoms with van der Waals surface area (Å²) in [7, 11) is 3.78. The predicted molar refractivity (Wildman–Crippen MR) is 52.6 cm³/mol. The van der Waals surface area contributed by atoms with Gasteiger partial charge in [0.1, 0.15) is 0 Å². The van der Waals surface area contributed by atoms with E-state index in [0.717, 1.165) is 13.0 Å². The molecule has 2 N–H and O–H groups in total. The van der Waals surface area contributed by atoms with Crippen LogP contribution in [-0.4, -0.2) is 50.1 Å². The van der Waals surface area contributed by atoms with Gasteiger partial charge in [-0.15, -0.1) is 0 Å². The predicted octanol–water partition coefficient (Wildman–Crippen LogP) is -0.585. The molecule has 0 spiro atoms. The van der Waals surface area contributed by atoms with Gasteiger partial charge in [-0.25, -0.2) is 0 Å². The summed E-state index contributed by atoms with van der Waals surface area (Å²) in [5, 5.41) is 5.84. The highest BCUT2D eigenvalue weighted by Gasteiger charge is 2.25. The topological polar surface area (TPSA) is 44.4 Å². The first-order valence-electron chi connectivity index (χ1n) is 4.77. The van der Waals surface area contributed by atoms with Crippen LogP contribution in [0, 0.1) is 0 Å². The van der Waals surface area contributed by atoms with Gasteiger partial charge in [-0.05, 0) is 20.4 Å². The van der Waals surface area contributed by atoms with E-state index in [1.54, 1.807) is 7.05 Å². The summed E-state index contributed by atoms with van der Waals surface area (Å²) in [6.45, 7) is 3.68. The summed E-state index contributed by atoms with van der Waals surface area (Å²) < 4.78 is 0. The van der Waals surface area contributed by atoms with Gasteiger partial charge in [0.15, 0.2) is 0 Å². The fraction of sp³-hybridized carbons (Fsp3) is 0.889. The molecule has 76 valence electrons. The van der Waals surface area contributed by atoms with E-state index in [4.69, 9.17) is 0 Å². The van der Waals surface area contributed by atoms with Crippen LogP contribution in [0.25, 0.3) is 0 Å². The SMILES string of the molecule is CNC(=O)CNC1CC(C)N(C)C1. The Morgan fingerprint density at radius 3 is 2.77 bits per heavy atom. The van der Waals surface area contributed by atoms with Crippen molar-refractivity contribution in [2.24, 2.45) is 0 Å². The van der Waals surface area contributed by atoms with Crippen molar-refractivity contribution in [2.45, 2.75) is 25.4 Å². The molecule has 0 saturated carbocycles. The van der Waals surface area contributed by atoms with Gasteiger partial charge in [-0.2, -0.15) is 0 Å². The number of nitrogens with one attached hydrogen (secondary N) is 2. The van der Waals surface area contributed by atoms with E-state index in [1.165, 1.54) is 0 Å². The summed E-state index contributed by atoms with van der Waals surface area (Å²) >= 11 is 0. The Kier molecular flexibility index (Phi) is 3.69. The Morgan fingerprint density at radius 1 is 1.62 bits per heavy atom. The lowest BCUT2D eigenvalue weighted by Gasteiger charge is -2.12. The molecule has 0 aromatic rings. The monoisotopic (exact) mass is 185 g/mol. The number of amides is 1. The molecule has 1 saturated heterocycles. The lowest BCUT2D eigenvalue weighted by Crippen LogP contribution is -2.39. The highest BCUT2D eigenvalue weighted by molar-refractivity contribution is 5.77. The molecular formula is C9H19N3O. The van der Waals surface area contributed by atoms with Crippen molar-refractivity contribution in [2.75, 3.05) is 27.2 Å². The van der Waals surface area contributed by atoms with Crippen molar-refractivity contribution < 1.29 is 4.79 Å². The van der Waals surface area contributed by atoms with Crippen molar-refractivity contribution in [3.63, 3.8) is 0 Å². The van der Waals surface area contributed by atoms with E-state index in [9.17, 15) is 4.79 Å². The van der Waals surface area contributed by atoms with E-state index in [0.29, 0.717) is 18.6 Å². The largest absolute Gasteiger partial charge is 0.358 e. The van der Waals surface area contributed by atoms with Crippen LogP contribution in [0.2, 0.25) is 0 Å². The number of hydrogen-bond acceptors (Lipinski definition) is 3. The maximum Gasteiger partial charge on any atom is 0.233 e. The minimum Gasteiger partial charge on any atom is -0.358 e. The van der Waals surface area contributed by atoms with Gasteiger partial charge in [-0.1, -0.05) is 0 Å². The Bertz CT molecular complexity index is 174. The molecule has 1 fully saturated rings. The van der Waals surface area contributed by atoms with Crippen molar-refractivity contribution in [3.05, 3.63) is 0 Å². The Balaban J connectivity index is 2.20. The molecule has 2 unspecified atom stereocenters. The summed E-state index contributed by atoms with van der Waals surface area (Å²) in [5.41, 5.74) is 0. The van der Waals surface area contributed by atoms with Gasteiger partial charge in [0.25, 0.3) is 0 Å². The number of likely N-dealkylation sites (tertiary alicyclic amines) is 1. The number of hydrogen-bond donors (Lipinski definition) is 2. The summed E-state index contributed by atoms with van der Waals surface area (Å²) in [6, 6.07) is 1.10. The van der Waals surface area contributed by atoms with E-state index in [2.05, 4.69) is 29.5 Å². The van der Waals surface area contributed by atoms with Crippen LogP contribution in [0.4, 0.5) is 0 Å². The first-order valence-corrected chi connectivity index (χ1v) is 4.77. The van der Waals surface area contributed by atoms with Crippen LogP contribution in [0.15, 0.2) is 0 Å². The molecule has 1 aliphatic rings. The normalized spacial score (nSPS) is 29.2. The van der Waals surface area contributed by atoms with Gasteiger partial charge < -0.3 is 15.5 Å². The van der Waals surface area contributed by atoms with Crippen LogP contribution >= 0.6 is 0 Å². The first-order chi connectivity index (χ1) is 6.13. The molecule has 0 radical (unpaired) electrons. The standard InChI is InChI=1S/C9H19N3O/c1-7-4-8(6-12(7)3)11-5-9(13)10-2/h7-8,11H,4-6H2,1-3H3,(H,10,13). The maximum atomic E-state index is 10.9. The van der Waals surface area contributed by atoms with Crippen LogP contribution in [0.1, 0.15) is 13.3 Å². The molecule has 1 amide bonds. The quantitative estimate of drug-likeness (QED) is 0.618. The summed E-state index contributed by atoms with van der Waals surface area (Å²) in [6.07, 6.45) is 1.13. The van der Waals surface area contributed by atoms with E-state index in [1.807, 2.05) is 0 Å². The summed E-state index contributed by atoms with van der Waals surface area (Å²) in [5.74, 6) is 0.0576. The molecule has 0 aliphatic carbocycles. The number of carbonyl (C=O) groups is 1. The zero-order valence-electron chi connectivity index (χ0n) is 8.63. The molecule has 1 rings (SSSR count). The Morgan fingerprint density at radius 2 is 2.31 bits per heavy atom. The number of likely N-dealkylation sites (N-methyl/N-ethyl adjacent to an activating group) is 2. The van der Waals surface area contributed by atoms with Gasteiger partial charge in [0.05, 0.1) is 6.54 Å². The highest BCUT2D eigenvalue weighted by Crippen LogP contribution is 2.14. The number of carbonyl (C=O) groups excluding carboxylic acids is 1. The van der Waals surface area contributed by atoms with E-state index < -0.39 is 0 Å². The zero-order valence-corrected chi connectivity index (χ0v) is 8.63. The molecule has 0 bridgehead atoms. The van der Waals surface area contributed by atoms with Gasteiger partial charge in [-0.3, -0.25) is 4.79 Å². The Labute approximate surface area is 79.7 Å². The molecular weight excluding hydrogens is 166 g/mol. The first kappa shape index (κ1) is 10.5. The average Bonchev–Trinajstić information content (AvgIpc) is 2.42. The Hall–Kier alpha value is -0.610. The smallest absolute Gasteiger partial charge is 0.233 e. The molecule has 2 atom stereocenters. The molecule has 4 heteroatoms. The second-order valence-corrected chi connectivity index (χ2v) is 3.78. The minimum atomic E-state index is 0.0576. The fourth-order valence-corrected chi connectivity index (χ4v) is 1.67.